The monoisotopic (exact) mass is 342 g/mol. The molecule has 1 rings (SSSR count). The van der Waals surface area contributed by atoms with E-state index in [0.717, 1.165) is 6.26 Å². The Bertz CT molecular complexity index is 675. The molecular weight excluding hydrogens is 320 g/mol. The molecule has 1 aromatic rings. The van der Waals surface area contributed by atoms with Crippen LogP contribution in [-0.4, -0.2) is 37.7 Å². The topological polar surface area (TPSA) is 113 Å². The van der Waals surface area contributed by atoms with E-state index in [0.29, 0.717) is 11.3 Å². The third kappa shape index (κ3) is 6.79. The van der Waals surface area contributed by atoms with Crippen LogP contribution in [0, 0.1) is 5.41 Å². The average molecular weight is 342 g/mol. The molecule has 0 saturated carbocycles. The Balaban J connectivity index is 2.88. The quantitative estimate of drug-likeness (QED) is 0.719. The van der Waals surface area contributed by atoms with Gasteiger partial charge in [-0.1, -0.05) is 32.9 Å². The lowest BCUT2D eigenvalue weighted by atomic mass is 9.87. The maximum atomic E-state index is 12.4. The molecule has 128 valence electrons. The fourth-order valence-corrected chi connectivity index (χ4v) is 2.82. The largest absolute Gasteiger partial charge is 0.481 e. The van der Waals surface area contributed by atoms with E-state index in [9.17, 15) is 18.0 Å². The number of carbonyl (C=O) groups is 2. The van der Waals surface area contributed by atoms with Crippen LogP contribution in [0.25, 0.3) is 0 Å². The van der Waals surface area contributed by atoms with Gasteiger partial charge >= 0.3 is 5.97 Å². The first-order chi connectivity index (χ1) is 10.4. The Morgan fingerprint density at radius 1 is 1.17 bits per heavy atom. The number of benzene rings is 1. The van der Waals surface area contributed by atoms with Crippen LogP contribution in [0.15, 0.2) is 24.3 Å². The number of amides is 1. The molecule has 0 aliphatic rings. The minimum Gasteiger partial charge on any atom is -0.481 e. The molecule has 8 heteroatoms. The fraction of sp³-hybridized carbons (Fsp3) is 0.467. The summed E-state index contributed by atoms with van der Waals surface area (Å²) in [6.45, 7) is 5.27. The van der Waals surface area contributed by atoms with Gasteiger partial charge in [-0.15, -0.1) is 0 Å². The van der Waals surface area contributed by atoms with Crippen molar-refractivity contribution in [2.24, 2.45) is 5.41 Å². The summed E-state index contributed by atoms with van der Waals surface area (Å²) in [7, 11) is -3.54. The van der Waals surface area contributed by atoms with E-state index in [-0.39, 0.29) is 6.42 Å². The number of hydrogen-bond donors (Lipinski definition) is 3. The smallest absolute Gasteiger partial charge is 0.307 e. The second-order valence-electron chi connectivity index (χ2n) is 6.45. The summed E-state index contributed by atoms with van der Waals surface area (Å²) in [6, 6.07) is 5.42. The number of rotatable bonds is 6. The van der Waals surface area contributed by atoms with Crippen molar-refractivity contribution in [1.29, 1.82) is 0 Å². The van der Waals surface area contributed by atoms with Crippen molar-refractivity contribution in [1.82, 2.24) is 4.72 Å². The zero-order valence-electron chi connectivity index (χ0n) is 13.6. The molecule has 7 nitrogen and oxygen atoms in total. The highest BCUT2D eigenvalue weighted by atomic mass is 32.2. The lowest BCUT2D eigenvalue weighted by molar-refractivity contribution is -0.136. The van der Waals surface area contributed by atoms with Crippen molar-refractivity contribution in [2.45, 2.75) is 33.2 Å². The third-order valence-corrected chi connectivity index (χ3v) is 3.70. The molecule has 1 aromatic carbocycles. The molecule has 3 N–H and O–H groups in total. The standard InChI is InChI=1S/C15H22N2O5S/c1-15(2,3)13(17-23(4,21)22)14(20)16-11-7-5-10(6-8-11)9-12(18)19/h5-8,13,17H,9H2,1-4H3,(H,16,20)(H,18,19). The minimum atomic E-state index is -3.54. The zero-order valence-corrected chi connectivity index (χ0v) is 14.4. The normalized spacial score (nSPS) is 13.4. The van der Waals surface area contributed by atoms with Gasteiger partial charge in [-0.3, -0.25) is 9.59 Å². The van der Waals surface area contributed by atoms with E-state index in [1.165, 1.54) is 0 Å². The van der Waals surface area contributed by atoms with Gasteiger partial charge in [-0.2, -0.15) is 0 Å². The first kappa shape index (κ1) is 19.1. The molecule has 0 aliphatic heterocycles. The molecule has 1 unspecified atom stereocenters. The number of sulfonamides is 1. The molecule has 0 radical (unpaired) electrons. The van der Waals surface area contributed by atoms with Crippen molar-refractivity contribution in [3.63, 3.8) is 0 Å². The van der Waals surface area contributed by atoms with Crippen LogP contribution in [0.1, 0.15) is 26.3 Å². The molecule has 1 atom stereocenters. The maximum Gasteiger partial charge on any atom is 0.307 e. The number of carbonyl (C=O) groups excluding carboxylic acids is 1. The molecule has 0 saturated heterocycles. The van der Waals surface area contributed by atoms with E-state index in [4.69, 9.17) is 5.11 Å². The van der Waals surface area contributed by atoms with Crippen molar-refractivity contribution in [2.75, 3.05) is 11.6 Å². The van der Waals surface area contributed by atoms with Gasteiger partial charge in [0, 0.05) is 5.69 Å². The van der Waals surface area contributed by atoms with Gasteiger partial charge in [-0.05, 0) is 23.1 Å². The Morgan fingerprint density at radius 2 is 1.70 bits per heavy atom. The number of anilines is 1. The Labute approximate surface area is 136 Å². The van der Waals surface area contributed by atoms with E-state index >= 15 is 0 Å². The van der Waals surface area contributed by atoms with Gasteiger partial charge in [0.2, 0.25) is 15.9 Å². The summed E-state index contributed by atoms with van der Waals surface area (Å²) in [5, 5.41) is 11.4. The van der Waals surface area contributed by atoms with Gasteiger partial charge in [0.05, 0.1) is 12.7 Å². The second kappa shape index (κ2) is 7.10. The van der Waals surface area contributed by atoms with Gasteiger partial charge in [0.25, 0.3) is 0 Å². The van der Waals surface area contributed by atoms with Gasteiger partial charge < -0.3 is 10.4 Å². The van der Waals surface area contributed by atoms with Crippen LogP contribution in [0.4, 0.5) is 5.69 Å². The maximum absolute atomic E-state index is 12.4. The Morgan fingerprint density at radius 3 is 2.09 bits per heavy atom. The van der Waals surface area contributed by atoms with Crippen LogP contribution in [0.5, 0.6) is 0 Å². The summed E-state index contributed by atoms with van der Waals surface area (Å²) < 4.78 is 25.2. The number of hydrogen-bond acceptors (Lipinski definition) is 4. The third-order valence-electron chi connectivity index (χ3n) is 3.04. The number of carboxylic acids is 1. The van der Waals surface area contributed by atoms with Crippen molar-refractivity contribution in [3.05, 3.63) is 29.8 Å². The van der Waals surface area contributed by atoms with Gasteiger partial charge in [0.1, 0.15) is 6.04 Å². The summed E-state index contributed by atoms with van der Waals surface area (Å²) in [4.78, 5) is 23.0. The summed E-state index contributed by atoms with van der Waals surface area (Å²) in [5.41, 5.74) is 0.460. The van der Waals surface area contributed by atoms with E-state index < -0.39 is 33.4 Å². The van der Waals surface area contributed by atoms with E-state index in [1.807, 2.05) is 0 Å². The molecule has 0 spiro atoms. The number of carboxylic acid groups (broad SMARTS) is 1. The molecule has 23 heavy (non-hydrogen) atoms. The van der Waals surface area contributed by atoms with Crippen molar-refractivity contribution < 1.29 is 23.1 Å². The van der Waals surface area contributed by atoms with Crippen LogP contribution in [0.2, 0.25) is 0 Å². The Kier molecular flexibility index (Phi) is 5.90. The number of aliphatic carboxylic acids is 1. The first-order valence-electron chi connectivity index (χ1n) is 6.97. The molecular formula is C15H22N2O5S. The average Bonchev–Trinajstić information content (AvgIpc) is 2.35. The highest BCUT2D eigenvalue weighted by molar-refractivity contribution is 7.88. The van der Waals surface area contributed by atoms with Gasteiger partial charge in [0.15, 0.2) is 0 Å². The summed E-state index contributed by atoms with van der Waals surface area (Å²) >= 11 is 0. The molecule has 0 aliphatic carbocycles. The van der Waals surface area contributed by atoms with Gasteiger partial charge in [-0.25, -0.2) is 13.1 Å². The molecule has 0 fully saturated rings. The van der Waals surface area contributed by atoms with Crippen molar-refractivity contribution >= 4 is 27.6 Å². The first-order valence-corrected chi connectivity index (χ1v) is 8.86. The van der Waals surface area contributed by atoms with E-state index in [2.05, 4.69) is 10.0 Å². The summed E-state index contributed by atoms with van der Waals surface area (Å²) in [6.07, 6.45) is 0.897. The molecule has 0 bridgehead atoms. The van der Waals surface area contributed by atoms with Crippen molar-refractivity contribution in [3.8, 4) is 0 Å². The molecule has 1 amide bonds. The van der Waals surface area contributed by atoms with Crippen LogP contribution < -0.4 is 10.0 Å². The number of nitrogens with one attached hydrogen (secondary N) is 2. The molecule has 0 aromatic heterocycles. The predicted octanol–water partition coefficient (Wildman–Crippen LogP) is 1.22. The summed E-state index contributed by atoms with van der Waals surface area (Å²) in [5.74, 6) is -1.42. The van der Waals surface area contributed by atoms with E-state index in [1.54, 1.807) is 45.0 Å². The fourth-order valence-electron chi connectivity index (χ4n) is 1.93. The SMILES string of the molecule is CC(C)(C)C(NS(C)(=O)=O)C(=O)Nc1ccc(CC(=O)O)cc1. The predicted molar refractivity (Wildman–Crippen MR) is 87.6 cm³/mol. The zero-order chi connectivity index (χ0) is 17.8. The van der Waals surface area contributed by atoms with Crippen LogP contribution in [0.3, 0.4) is 0 Å². The Hall–Kier alpha value is -1.93. The van der Waals surface area contributed by atoms with Crippen LogP contribution >= 0.6 is 0 Å². The van der Waals surface area contributed by atoms with Crippen LogP contribution in [-0.2, 0) is 26.0 Å². The lowest BCUT2D eigenvalue weighted by Gasteiger charge is -2.29. The minimum absolute atomic E-state index is 0.103. The molecule has 0 heterocycles. The second-order valence-corrected chi connectivity index (χ2v) is 8.23. The highest BCUT2D eigenvalue weighted by Crippen LogP contribution is 2.21. The highest BCUT2D eigenvalue weighted by Gasteiger charge is 2.33. The lowest BCUT2D eigenvalue weighted by Crippen LogP contribution is -2.51.